The third-order valence-corrected chi connectivity index (χ3v) is 6.50. The van der Waals surface area contributed by atoms with E-state index in [9.17, 15) is 24.0 Å². The molecule has 0 heterocycles. The maximum Gasteiger partial charge on any atom is 0.408 e. The van der Waals surface area contributed by atoms with E-state index in [1.54, 1.807) is 34.6 Å². The van der Waals surface area contributed by atoms with Gasteiger partial charge in [-0.15, -0.1) is 0 Å². The maximum atomic E-state index is 13.4. The minimum atomic E-state index is -1.19. The molecule has 0 bridgehead atoms. The van der Waals surface area contributed by atoms with Gasteiger partial charge in [-0.25, -0.2) is 4.79 Å². The van der Waals surface area contributed by atoms with Gasteiger partial charge in [0, 0.05) is 6.42 Å². The molecule has 1 rings (SSSR count). The molecule has 0 spiro atoms. The van der Waals surface area contributed by atoms with E-state index in [4.69, 9.17) is 15.2 Å². The van der Waals surface area contributed by atoms with Gasteiger partial charge in [-0.1, -0.05) is 70.9 Å². The molecule has 5 atom stereocenters. The highest BCUT2D eigenvalue weighted by Crippen LogP contribution is 2.14. The summed E-state index contributed by atoms with van der Waals surface area (Å²) in [6.07, 6.45) is 0.0405. The Morgan fingerprint density at radius 3 is 1.93 bits per heavy atom. The van der Waals surface area contributed by atoms with E-state index in [2.05, 4.69) is 16.0 Å². The van der Waals surface area contributed by atoms with Crippen molar-refractivity contribution in [1.29, 1.82) is 0 Å². The van der Waals surface area contributed by atoms with Gasteiger partial charge in [0.05, 0.1) is 0 Å². The molecule has 0 saturated heterocycles. The van der Waals surface area contributed by atoms with Gasteiger partial charge in [0.2, 0.25) is 17.7 Å². The van der Waals surface area contributed by atoms with E-state index in [1.165, 1.54) is 0 Å². The normalized spacial score (nSPS) is 15.0. The zero-order valence-corrected chi connectivity index (χ0v) is 24.7. The highest BCUT2D eigenvalue weighted by molar-refractivity contribution is 5.94. The van der Waals surface area contributed by atoms with Gasteiger partial charge < -0.3 is 31.2 Å². The lowest BCUT2D eigenvalue weighted by atomic mass is 9.94. The second kappa shape index (κ2) is 16.5. The van der Waals surface area contributed by atoms with Crippen LogP contribution in [0.2, 0.25) is 0 Å². The van der Waals surface area contributed by atoms with Crippen LogP contribution in [0.25, 0.3) is 0 Å². The van der Waals surface area contributed by atoms with E-state index >= 15 is 0 Å². The van der Waals surface area contributed by atoms with Crippen LogP contribution in [0.5, 0.6) is 0 Å². The van der Waals surface area contributed by atoms with Crippen LogP contribution in [0.1, 0.15) is 79.7 Å². The molecule has 11 heteroatoms. The summed E-state index contributed by atoms with van der Waals surface area (Å²) in [5, 5.41) is 7.86. The lowest BCUT2D eigenvalue weighted by molar-refractivity contribution is -0.145. The standard InChI is InChI=1S/C29H46N4O7/c1-8-18(3)23(25(30)35)32-27(37)24(19(4)9-2)33-26(36)21(31-28(38)40-29(5,6)7)15-16-22(34)39-17-20-13-11-10-12-14-20/h10-14,18-19,21,23-24H,8-9,15-17H2,1-7H3,(H2,30,35)(H,31,38)(H,32,37)(H,33,36)/t18-,19+,21+,23-,24+/m0/s1. The summed E-state index contributed by atoms with van der Waals surface area (Å²) in [5.74, 6) is -2.99. The quantitative estimate of drug-likeness (QED) is 0.239. The van der Waals surface area contributed by atoms with E-state index in [0.29, 0.717) is 12.8 Å². The summed E-state index contributed by atoms with van der Waals surface area (Å²) < 4.78 is 10.6. The highest BCUT2D eigenvalue weighted by Gasteiger charge is 2.33. The molecule has 1 aromatic rings. The predicted octanol–water partition coefficient (Wildman–Crippen LogP) is 2.95. The van der Waals surface area contributed by atoms with E-state index in [0.717, 1.165) is 5.56 Å². The first kappa shape index (κ1) is 34.4. The lowest BCUT2D eigenvalue weighted by Gasteiger charge is -2.29. The lowest BCUT2D eigenvalue weighted by Crippen LogP contribution is -2.59. The Kier molecular flexibility index (Phi) is 14.2. The second-order valence-corrected chi connectivity index (χ2v) is 11.0. The molecule has 224 valence electrons. The summed E-state index contributed by atoms with van der Waals surface area (Å²) in [7, 11) is 0. The van der Waals surface area contributed by atoms with E-state index < -0.39 is 53.5 Å². The number of nitrogens with one attached hydrogen (secondary N) is 3. The molecule has 0 radical (unpaired) electrons. The topological polar surface area (TPSA) is 166 Å². The largest absolute Gasteiger partial charge is 0.461 e. The molecule has 5 N–H and O–H groups in total. The fourth-order valence-electron chi connectivity index (χ4n) is 3.72. The highest BCUT2D eigenvalue weighted by atomic mass is 16.6. The summed E-state index contributed by atoms with van der Waals surface area (Å²) in [4.78, 5) is 63.5. The average Bonchev–Trinajstić information content (AvgIpc) is 2.89. The summed E-state index contributed by atoms with van der Waals surface area (Å²) in [6, 6.07) is 6.02. The monoisotopic (exact) mass is 562 g/mol. The molecule has 0 saturated carbocycles. The van der Waals surface area contributed by atoms with Crippen LogP contribution in [-0.2, 0) is 35.3 Å². The average molecular weight is 563 g/mol. The molecule has 4 amide bonds. The van der Waals surface area contributed by atoms with Crippen molar-refractivity contribution >= 4 is 29.8 Å². The molecule has 11 nitrogen and oxygen atoms in total. The minimum Gasteiger partial charge on any atom is -0.461 e. The number of primary amides is 1. The number of nitrogens with two attached hydrogens (primary N) is 1. The van der Waals surface area contributed by atoms with Gasteiger partial charge in [-0.05, 0) is 44.6 Å². The Morgan fingerprint density at radius 1 is 0.850 bits per heavy atom. The first-order valence-corrected chi connectivity index (χ1v) is 13.8. The number of amides is 4. The molecule has 0 fully saturated rings. The smallest absolute Gasteiger partial charge is 0.408 e. The van der Waals surface area contributed by atoms with Crippen LogP contribution in [0.4, 0.5) is 4.79 Å². The van der Waals surface area contributed by atoms with Crippen LogP contribution in [-0.4, -0.2) is 53.5 Å². The number of hydrogen-bond acceptors (Lipinski definition) is 7. The van der Waals surface area contributed by atoms with Crippen LogP contribution >= 0.6 is 0 Å². The Morgan fingerprint density at radius 2 is 1.40 bits per heavy atom. The Bertz CT molecular complexity index is 994. The fraction of sp³-hybridized carbons (Fsp3) is 0.621. The van der Waals surface area contributed by atoms with Gasteiger partial charge in [0.15, 0.2) is 0 Å². The summed E-state index contributed by atoms with van der Waals surface area (Å²) >= 11 is 0. The second-order valence-electron chi connectivity index (χ2n) is 11.0. The van der Waals surface area contributed by atoms with Crippen molar-refractivity contribution in [3.8, 4) is 0 Å². The summed E-state index contributed by atoms with van der Waals surface area (Å²) in [5.41, 5.74) is 5.50. The van der Waals surface area contributed by atoms with Crippen LogP contribution < -0.4 is 21.7 Å². The SMILES string of the molecule is CC[C@@H](C)[C@@H](NC(=O)[C@@H](CCC(=O)OCc1ccccc1)NC(=O)OC(C)(C)C)C(=O)N[C@H](C(N)=O)[C@@H](C)CC. The maximum absolute atomic E-state index is 13.4. The number of rotatable bonds is 15. The predicted molar refractivity (Wildman–Crippen MR) is 151 cm³/mol. The molecular formula is C29H46N4O7. The van der Waals surface area contributed by atoms with Gasteiger partial charge >= 0.3 is 12.1 Å². The first-order valence-electron chi connectivity index (χ1n) is 13.8. The molecule has 0 aliphatic carbocycles. The fourth-order valence-corrected chi connectivity index (χ4v) is 3.72. The number of ether oxygens (including phenoxy) is 2. The van der Waals surface area contributed by atoms with Crippen molar-refractivity contribution in [2.24, 2.45) is 17.6 Å². The van der Waals surface area contributed by atoms with Gasteiger partial charge in [-0.2, -0.15) is 0 Å². The van der Waals surface area contributed by atoms with Gasteiger partial charge in [0.1, 0.15) is 30.3 Å². The zero-order valence-electron chi connectivity index (χ0n) is 24.7. The summed E-state index contributed by atoms with van der Waals surface area (Å²) in [6.45, 7) is 12.4. The van der Waals surface area contributed by atoms with Crippen molar-refractivity contribution in [2.45, 2.75) is 104 Å². The number of alkyl carbamates (subject to hydrolysis) is 1. The molecular weight excluding hydrogens is 516 g/mol. The first-order chi connectivity index (χ1) is 18.7. The van der Waals surface area contributed by atoms with Gasteiger partial charge in [-0.3, -0.25) is 19.2 Å². The minimum absolute atomic E-state index is 0.0729. The zero-order chi connectivity index (χ0) is 30.5. The van der Waals surface area contributed by atoms with Crippen LogP contribution in [0.3, 0.4) is 0 Å². The molecule has 0 aliphatic rings. The van der Waals surface area contributed by atoms with Crippen molar-refractivity contribution in [3.05, 3.63) is 35.9 Å². The number of esters is 1. The van der Waals surface area contributed by atoms with Gasteiger partial charge in [0.25, 0.3) is 0 Å². The third-order valence-electron chi connectivity index (χ3n) is 6.50. The van der Waals surface area contributed by atoms with Crippen LogP contribution in [0, 0.1) is 11.8 Å². The van der Waals surface area contributed by atoms with Crippen molar-refractivity contribution < 1.29 is 33.4 Å². The molecule has 1 aromatic carbocycles. The Balaban J connectivity index is 3.03. The van der Waals surface area contributed by atoms with Crippen LogP contribution in [0.15, 0.2) is 30.3 Å². The molecule has 0 unspecified atom stereocenters. The number of carbonyl (C=O) groups is 5. The Labute approximate surface area is 237 Å². The van der Waals surface area contributed by atoms with Crippen molar-refractivity contribution in [2.75, 3.05) is 0 Å². The number of benzene rings is 1. The number of hydrogen-bond donors (Lipinski definition) is 4. The van der Waals surface area contributed by atoms with Crippen molar-refractivity contribution in [1.82, 2.24) is 16.0 Å². The Hall–Kier alpha value is -3.63. The van der Waals surface area contributed by atoms with E-state index in [-0.39, 0.29) is 31.3 Å². The third kappa shape index (κ3) is 12.5. The molecule has 0 aliphatic heterocycles. The van der Waals surface area contributed by atoms with Crippen molar-refractivity contribution in [3.63, 3.8) is 0 Å². The van der Waals surface area contributed by atoms with E-state index in [1.807, 2.05) is 44.2 Å². The molecule has 40 heavy (non-hydrogen) atoms. The molecule has 0 aromatic heterocycles. The number of carbonyl (C=O) groups excluding carboxylic acids is 5.